The molecule has 1 aliphatic carbocycles. The van der Waals surface area contributed by atoms with Gasteiger partial charge >= 0.3 is 5.97 Å². The van der Waals surface area contributed by atoms with Crippen LogP contribution >= 0.6 is 11.3 Å². The molecule has 1 aromatic heterocycles. The molecule has 0 aliphatic heterocycles. The number of nitrogens with zero attached hydrogens (tertiary/aromatic N) is 1. The lowest BCUT2D eigenvalue weighted by Crippen LogP contribution is -2.06. The summed E-state index contributed by atoms with van der Waals surface area (Å²) in [5.74, 6) is 0.949. The van der Waals surface area contributed by atoms with E-state index in [4.69, 9.17) is 14.2 Å². The fraction of sp³-hybridized carbons (Fsp3) is 0.429. The highest BCUT2D eigenvalue weighted by Crippen LogP contribution is 2.42. The lowest BCUT2D eigenvalue weighted by atomic mass is 9.88. The van der Waals surface area contributed by atoms with Gasteiger partial charge in [-0.15, -0.1) is 11.3 Å². The van der Waals surface area contributed by atoms with Gasteiger partial charge in [0.05, 0.1) is 33.0 Å². The SMILES string of the molecule is CCCCC[C@H](OCc1ccc(OC)cc1)c1ccc(C2=C(C#N)CCC2CCCc2ccc(C(=O)OC)s2)cc1. The van der Waals surface area contributed by atoms with Crippen molar-refractivity contribution in [1.82, 2.24) is 0 Å². The van der Waals surface area contributed by atoms with E-state index >= 15 is 0 Å². The number of thiophene rings is 1. The second-order valence-electron chi connectivity index (χ2n) is 10.7. The molecular formula is C35H41NO4S. The highest BCUT2D eigenvalue weighted by atomic mass is 32.1. The van der Waals surface area contributed by atoms with Gasteiger partial charge in [0.2, 0.25) is 0 Å². The minimum absolute atomic E-state index is 0.0298. The van der Waals surface area contributed by atoms with E-state index in [0.29, 0.717) is 17.4 Å². The maximum absolute atomic E-state index is 11.8. The minimum Gasteiger partial charge on any atom is -0.497 e. The van der Waals surface area contributed by atoms with Crippen LogP contribution in [0.15, 0.2) is 66.2 Å². The van der Waals surface area contributed by atoms with Crippen LogP contribution in [0.3, 0.4) is 0 Å². The van der Waals surface area contributed by atoms with Gasteiger partial charge in [-0.05, 0) is 91.0 Å². The zero-order valence-electron chi connectivity index (χ0n) is 24.5. The van der Waals surface area contributed by atoms with Crippen molar-refractivity contribution in [3.63, 3.8) is 0 Å². The summed E-state index contributed by atoms with van der Waals surface area (Å²) in [7, 11) is 3.09. The van der Waals surface area contributed by atoms with E-state index in [2.05, 4.69) is 49.4 Å². The van der Waals surface area contributed by atoms with Crippen LogP contribution < -0.4 is 4.74 Å². The van der Waals surface area contributed by atoms with Crippen molar-refractivity contribution in [3.05, 3.63) is 92.7 Å². The molecular weight excluding hydrogens is 530 g/mol. The zero-order chi connectivity index (χ0) is 29.0. The van der Waals surface area contributed by atoms with Gasteiger partial charge in [-0.3, -0.25) is 0 Å². The van der Waals surface area contributed by atoms with Crippen molar-refractivity contribution < 1.29 is 19.0 Å². The third kappa shape index (κ3) is 8.31. The molecule has 0 radical (unpaired) electrons. The van der Waals surface area contributed by atoms with E-state index in [9.17, 15) is 10.1 Å². The molecule has 0 fully saturated rings. The first-order valence-electron chi connectivity index (χ1n) is 14.7. The number of benzene rings is 2. The second-order valence-corrected chi connectivity index (χ2v) is 11.8. The van der Waals surface area contributed by atoms with Crippen LogP contribution in [-0.2, 0) is 22.5 Å². The van der Waals surface area contributed by atoms with Gasteiger partial charge < -0.3 is 14.2 Å². The van der Waals surface area contributed by atoms with Gasteiger partial charge in [-0.25, -0.2) is 4.79 Å². The molecule has 3 aromatic rings. The van der Waals surface area contributed by atoms with Crippen LogP contribution in [0.5, 0.6) is 5.75 Å². The Hall–Kier alpha value is -3.40. The first-order valence-corrected chi connectivity index (χ1v) is 15.5. The number of unbranched alkanes of at least 4 members (excludes halogenated alkanes) is 2. The number of nitriles is 1. The predicted molar refractivity (Wildman–Crippen MR) is 165 cm³/mol. The van der Waals surface area contributed by atoms with Crippen LogP contribution in [0.1, 0.15) is 95.6 Å². The third-order valence-electron chi connectivity index (χ3n) is 7.91. The number of hydrogen-bond acceptors (Lipinski definition) is 6. The molecule has 1 heterocycles. The Morgan fingerprint density at radius 2 is 1.80 bits per heavy atom. The molecule has 0 amide bonds. The molecule has 5 nitrogen and oxygen atoms in total. The van der Waals surface area contributed by atoms with E-state index < -0.39 is 0 Å². The first-order chi connectivity index (χ1) is 20.1. The highest BCUT2D eigenvalue weighted by Gasteiger charge is 2.27. The topological polar surface area (TPSA) is 68.5 Å². The number of esters is 1. The Labute approximate surface area is 248 Å². The maximum atomic E-state index is 11.8. The van der Waals surface area contributed by atoms with E-state index in [1.54, 1.807) is 7.11 Å². The van der Waals surface area contributed by atoms with Crippen LogP contribution in [0.2, 0.25) is 0 Å². The average molecular weight is 572 g/mol. The van der Waals surface area contributed by atoms with E-state index in [1.807, 2.05) is 24.3 Å². The quantitative estimate of drug-likeness (QED) is 0.134. The fourth-order valence-electron chi connectivity index (χ4n) is 5.63. The summed E-state index contributed by atoms with van der Waals surface area (Å²) in [6.45, 7) is 2.78. The third-order valence-corrected chi connectivity index (χ3v) is 9.03. The molecule has 216 valence electrons. The predicted octanol–water partition coefficient (Wildman–Crippen LogP) is 9.09. The monoisotopic (exact) mass is 571 g/mol. The lowest BCUT2D eigenvalue weighted by Gasteiger charge is -2.20. The lowest BCUT2D eigenvalue weighted by molar-refractivity contribution is 0.0322. The molecule has 6 heteroatoms. The highest BCUT2D eigenvalue weighted by molar-refractivity contribution is 7.13. The van der Waals surface area contributed by atoms with Gasteiger partial charge in [0, 0.05) is 10.5 Å². The summed E-state index contributed by atoms with van der Waals surface area (Å²) >= 11 is 1.51. The summed E-state index contributed by atoms with van der Waals surface area (Å²) in [5.41, 5.74) is 5.60. The molecule has 0 bridgehead atoms. The Balaban J connectivity index is 1.42. The Morgan fingerprint density at radius 3 is 2.49 bits per heavy atom. The van der Waals surface area contributed by atoms with Gasteiger partial charge in [-0.1, -0.05) is 62.6 Å². The normalized spacial score (nSPS) is 15.5. The van der Waals surface area contributed by atoms with Gasteiger partial charge in [-0.2, -0.15) is 5.26 Å². The standard InChI is InChI=1S/C35H41NO4S/c1-4-5-6-10-32(40-24-25-11-19-30(38-2)20-12-25)26-13-15-28(16-14-26)34-27(17-18-29(34)23-36)8-7-9-31-21-22-33(41-31)35(37)39-3/h11-16,19-22,27,32H,4-10,17-18,24H2,1-3H3/t27?,32-/m0/s1. The number of hydrogen-bond donors (Lipinski definition) is 0. The maximum Gasteiger partial charge on any atom is 0.348 e. The summed E-state index contributed by atoms with van der Waals surface area (Å²) in [4.78, 5) is 13.6. The van der Waals surface area contributed by atoms with E-state index in [0.717, 1.165) is 67.4 Å². The molecule has 1 aliphatic rings. The average Bonchev–Trinajstić information content (AvgIpc) is 3.66. The van der Waals surface area contributed by atoms with Gasteiger partial charge in [0.25, 0.3) is 0 Å². The molecule has 0 saturated heterocycles. The molecule has 2 atom stereocenters. The number of rotatable bonds is 15. The first kappa shape index (κ1) is 30.6. The summed E-state index contributed by atoms with van der Waals surface area (Å²) < 4.78 is 16.6. The van der Waals surface area contributed by atoms with Crippen LogP contribution in [0.4, 0.5) is 0 Å². The summed E-state index contributed by atoms with van der Waals surface area (Å²) in [5, 5.41) is 9.89. The minimum atomic E-state index is -0.275. The zero-order valence-corrected chi connectivity index (χ0v) is 25.3. The Morgan fingerprint density at radius 1 is 1.02 bits per heavy atom. The summed E-state index contributed by atoms with van der Waals surface area (Å²) in [6.07, 6.45) is 9.34. The van der Waals surface area contributed by atoms with Crippen LogP contribution in [-0.4, -0.2) is 20.2 Å². The summed E-state index contributed by atoms with van der Waals surface area (Å²) in [6, 6.07) is 23.2. The molecule has 1 unspecified atom stereocenters. The van der Waals surface area contributed by atoms with Crippen molar-refractivity contribution >= 4 is 22.9 Å². The number of methoxy groups -OCH3 is 2. The molecule has 0 N–H and O–H groups in total. The molecule has 4 rings (SSSR count). The Bertz CT molecular complexity index is 1330. The molecule has 41 heavy (non-hydrogen) atoms. The van der Waals surface area contributed by atoms with Gasteiger partial charge in [0.1, 0.15) is 10.6 Å². The molecule has 0 saturated carbocycles. The number of carbonyl (C=O) groups is 1. The molecule has 2 aromatic carbocycles. The number of allylic oxidation sites excluding steroid dienone is 2. The van der Waals surface area contributed by atoms with Crippen molar-refractivity contribution in [2.75, 3.05) is 14.2 Å². The largest absolute Gasteiger partial charge is 0.497 e. The van der Waals surface area contributed by atoms with Crippen LogP contribution in [0.25, 0.3) is 5.57 Å². The number of carbonyl (C=O) groups excluding carboxylic acids is 1. The van der Waals surface area contributed by atoms with Gasteiger partial charge in [0.15, 0.2) is 0 Å². The van der Waals surface area contributed by atoms with Crippen molar-refractivity contribution in [2.45, 2.75) is 77.4 Å². The van der Waals surface area contributed by atoms with E-state index in [-0.39, 0.29) is 12.1 Å². The smallest absolute Gasteiger partial charge is 0.348 e. The molecule has 0 spiro atoms. The number of aryl methyl sites for hydroxylation is 1. The van der Waals surface area contributed by atoms with Crippen molar-refractivity contribution in [2.24, 2.45) is 5.92 Å². The van der Waals surface area contributed by atoms with Crippen LogP contribution in [0, 0.1) is 17.2 Å². The second kappa shape index (κ2) is 15.6. The Kier molecular flexibility index (Phi) is 11.6. The van der Waals surface area contributed by atoms with E-state index in [1.165, 1.54) is 47.3 Å². The van der Waals surface area contributed by atoms with Crippen molar-refractivity contribution in [3.8, 4) is 11.8 Å². The van der Waals surface area contributed by atoms with Crippen molar-refractivity contribution in [1.29, 1.82) is 5.26 Å². The fourth-order valence-corrected chi connectivity index (χ4v) is 6.59. The number of ether oxygens (including phenoxy) is 3.